The van der Waals surface area contributed by atoms with Gasteiger partial charge in [0.2, 0.25) is 0 Å². The smallest absolute Gasteiger partial charge is 0.262 e. The van der Waals surface area contributed by atoms with E-state index in [1.807, 2.05) is 30.5 Å². The Bertz CT molecular complexity index is 1020. The Labute approximate surface area is 147 Å². The summed E-state index contributed by atoms with van der Waals surface area (Å²) in [7, 11) is 0. The monoisotopic (exact) mass is 354 g/mol. The zero-order valence-electron chi connectivity index (χ0n) is 13.0. The van der Waals surface area contributed by atoms with Gasteiger partial charge in [0.1, 0.15) is 4.83 Å². The van der Waals surface area contributed by atoms with Crippen LogP contribution in [-0.4, -0.2) is 9.55 Å². The molecule has 0 bridgehead atoms. The third-order valence-electron chi connectivity index (χ3n) is 3.77. The SMILES string of the molecule is Cc1ccc(-c2csc3ncn(C[C@H](C#N)CCC#N)c(=O)c23)s1. The van der Waals surface area contributed by atoms with Crippen LogP contribution in [0.4, 0.5) is 0 Å². The maximum atomic E-state index is 12.9. The molecule has 0 aliphatic rings. The van der Waals surface area contributed by atoms with Crippen LogP contribution in [0.15, 0.2) is 28.6 Å². The van der Waals surface area contributed by atoms with Crippen LogP contribution in [-0.2, 0) is 6.54 Å². The standard InChI is InChI=1S/C17H14N4OS2/c1-11-4-5-14(24-11)13-9-23-16-15(13)17(22)21(10-20-16)8-12(7-19)3-2-6-18/h4-5,9-10,12H,2-3,8H2,1H3/t12-/m0/s1. The van der Waals surface area contributed by atoms with Gasteiger partial charge >= 0.3 is 0 Å². The van der Waals surface area contributed by atoms with Crippen molar-refractivity contribution < 1.29 is 0 Å². The largest absolute Gasteiger partial charge is 0.297 e. The fraction of sp³-hybridized carbons (Fsp3) is 0.294. The molecule has 0 saturated heterocycles. The van der Waals surface area contributed by atoms with Gasteiger partial charge in [0.15, 0.2) is 0 Å². The summed E-state index contributed by atoms with van der Waals surface area (Å²) in [6, 6.07) is 8.26. The lowest BCUT2D eigenvalue weighted by Crippen LogP contribution is -2.24. The molecule has 0 fully saturated rings. The van der Waals surface area contributed by atoms with Gasteiger partial charge in [0.25, 0.3) is 5.56 Å². The molecule has 3 aromatic rings. The van der Waals surface area contributed by atoms with Crippen molar-refractivity contribution in [3.05, 3.63) is 39.1 Å². The third kappa shape index (κ3) is 3.09. The predicted molar refractivity (Wildman–Crippen MR) is 95.9 cm³/mol. The number of nitrogens with zero attached hydrogens (tertiary/aromatic N) is 4. The molecule has 0 radical (unpaired) electrons. The molecule has 0 aromatic carbocycles. The second kappa shape index (κ2) is 6.96. The molecule has 3 aromatic heterocycles. The van der Waals surface area contributed by atoms with E-state index in [-0.39, 0.29) is 18.0 Å². The number of aromatic nitrogens is 2. The van der Waals surface area contributed by atoms with E-state index >= 15 is 0 Å². The second-order valence-corrected chi connectivity index (χ2v) is 7.61. The summed E-state index contributed by atoms with van der Waals surface area (Å²) in [4.78, 5) is 20.2. The van der Waals surface area contributed by atoms with Gasteiger partial charge in [0.05, 0.1) is 29.8 Å². The van der Waals surface area contributed by atoms with Gasteiger partial charge in [-0.1, -0.05) is 0 Å². The van der Waals surface area contributed by atoms with Crippen LogP contribution in [0.3, 0.4) is 0 Å². The van der Waals surface area contributed by atoms with Gasteiger partial charge in [-0.2, -0.15) is 10.5 Å². The molecule has 5 nitrogen and oxygen atoms in total. The molecule has 0 aliphatic heterocycles. The maximum absolute atomic E-state index is 12.9. The van der Waals surface area contributed by atoms with Crippen LogP contribution in [0.25, 0.3) is 20.7 Å². The lowest BCUT2D eigenvalue weighted by molar-refractivity contribution is 0.499. The number of fused-ring (bicyclic) bond motifs is 1. The van der Waals surface area contributed by atoms with Crippen LogP contribution in [0.1, 0.15) is 17.7 Å². The topological polar surface area (TPSA) is 82.5 Å². The molecule has 0 aliphatic carbocycles. The van der Waals surface area contributed by atoms with E-state index in [2.05, 4.69) is 11.1 Å². The molecule has 3 heterocycles. The first-order valence-corrected chi connectivity index (χ1v) is 9.13. The Morgan fingerprint density at radius 1 is 1.38 bits per heavy atom. The zero-order valence-corrected chi connectivity index (χ0v) is 14.7. The number of aryl methyl sites for hydroxylation is 1. The number of rotatable bonds is 5. The maximum Gasteiger partial charge on any atom is 0.262 e. The van der Waals surface area contributed by atoms with Gasteiger partial charge < -0.3 is 0 Å². The van der Waals surface area contributed by atoms with E-state index in [9.17, 15) is 10.1 Å². The summed E-state index contributed by atoms with van der Waals surface area (Å²) < 4.78 is 1.49. The van der Waals surface area contributed by atoms with Gasteiger partial charge in [-0.25, -0.2) is 4.98 Å². The quantitative estimate of drug-likeness (QED) is 0.695. The molecule has 0 spiro atoms. The minimum Gasteiger partial charge on any atom is -0.297 e. The van der Waals surface area contributed by atoms with E-state index < -0.39 is 0 Å². The van der Waals surface area contributed by atoms with Crippen molar-refractivity contribution in [2.75, 3.05) is 0 Å². The first-order valence-electron chi connectivity index (χ1n) is 7.44. The highest BCUT2D eigenvalue weighted by atomic mass is 32.1. The first-order chi connectivity index (χ1) is 11.6. The van der Waals surface area contributed by atoms with Crippen LogP contribution in [0, 0.1) is 35.5 Å². The van der Waals surface area contributed by atoms with Crippen molar-refractivity contribution in [3.8, 4) is 22.6 Å². The van der Waals surface area contributed by atoms with Crippen LogP contribution >= 0.6 is 22.7 Å². The van der Waals surface area contributed by atoms with Gasteiger partial charge in [0, 0.05) is 33.7 Å². The van der Waals surface area contributed by atoms with Crippen LogP contribution < -0.4 is 5.56 Å². The number of hydrogen-bond acceptors (Lipinski definition) is 6. The Morgan fingerprint density at radius 2 is 2.21 bits per heavy atom. The number of nitriles is 2. The lowest BCUT2D eigenvalue weighted by atomic mass is 10.1. The van der Waals surface area contributed by atoms with E-state index in [0.717, 1.165) is 10.4 Å². The molecule has 120 valence electrons. The Morgan fingerprint density at radius 3 is 2.88 bits per heavy atom. The predicted octanol–water partition coefficient (Wildman–Crippen LogP) is 3.94. The summed E-state index contributed by atoms with van der Waals surface area (Å²) in [5.41, 5.74) is 0.782. The second-order valence-electron chi connectivity index (χ2n) is 5.46. The van der Waals surface area contributed by atoms with Crippen LogP contribution in [0.5, 0.6) is 0 Å². The third-order valence-corrected chi connectivity index (χ3v) is 5.69. The van der Waals surface area contributed by atoms with Gasteiger partial charge in [-0.15, -0.1) is 22.7 Å². The number of hydrogen-bond donors (Lipinski definition) is 0. The molecule has 0 unspecified atom stereocenters. The summed E-state index contributed by atoms with van der Waals surface area (Å²) in [6.07, 6.45) is 2.26. The minimum absolute atomic E-state index is 0.125. The van der Waals surface area contributed by atoms with E-state index in [0.29, 0.717) is 23.1 Å². The molecule has 0 saturated carbocycles. The summed E-state index contributed by atoms with van der Waals surface area (Å²) in [6.45, 7) is 2.30. The first kappa shape index (κ1) is 16.4. The molecule has 24 heavy (non-hydrogen) atoms. The number of thiophene rings is 2. The van der Waals surface area contributed by atoms with Crippen molar-refractivity contribution >= 4 is 32.9 Å². The lowest BCUT2D eigenvalue weighted by Gasteiger charge is -2.09. The molecule has 3 rings (SSSR count). The summed E-state index contributed by atoms with van der Waals surface area (Å²) >= 11 is 3.10. The van der Waals surface area contributed by atoms with Crippen molar-refractivity contribution in [1.29, 1.82) is 10.5 Å². The van der Waals surface area contributed by atoms with Gasteiger partial charge in [-0.3, -0.25) is 9.36 Å². The average molecular weight is 354 g/mol. The molecule has 1 atom stereocenters. The Hall–Kier alpha value is -2.48. The van der Waals surface area contributed by atoms with Crippen LogP contribution in [0.2, 0.25) is 0 Å². The van der Waals surface area contributed by atoms with Crippen molar-refractivity contribution in [2.45, 2.75) is 26.3 Å². The molecule has 0 N–H and O–H groups in total. The average Bonchev–Trinajstić information content (AvgIpc) is 3.19. The van der Waals surface area contributed by atoms with E-state index in [1.54, 1.807) is 11.3 Å². The Kier molecular flexibility index (Phi) is 4.75. The zero-order chi connectivity index (χ0) is 17.1. The van der Waals surface area contributed by atoms with Crippen molar-refractivity contribution in [2.24, 2.45) is 5.92 Å². The minimum atomic E-state index is -0.368. The molecular formula is C17H14N4OS2. The highest BCUT2D eigenvalue weighted by Gasteiger charge is 2.16. The summed E-state index contributed by atoms with van der Waals surface area (Å²) in [5, 5.41) is 20.5. The van der Waals surface area contributed by atoms with E-state index in [4.69, 9.17) is 5.26 Å². The fourth-order valence-electron chi connectivity index (χ4n) is 2.53. The molecule has 7 heteroatoms. The normalized spacial score (nSPS) is 12.0. The molecule has 0 amide bonds. The Balaban J connectivity index is 2.03. The highest BCUT2D eigenvalue weighted by Crippen LogP contribution is 2.34. The van der Waals surface area contributed by atoms with E-state index in [1.165, 1.54) is 27.1 Å². The highest BCUT2D eigenvalue weighted by molar-refractivity contribution is 7.19. The van der Waals surface area contributed by atoms with Gasteiger partial charge in [-0.05, 0) is 25.5 Å². The van der Waals surface area contributed by atoms with Crippen molar-refractivity contribution in [3.63, 3.8) is 0 Å². The molecular weight excluding hydrogens is 340 g/mol. The summed E-state index contributed by atoms with van der Waals surface area (Å²) in [5.74, 6) is -0.368. The van der Waals surface area contributed by atoms with Crippen molar-refractivity contribution in [1.82, 2.24) is 9.55 Å². The fourth-order valence-corrected chi connectivity index (χ4v) is 4.39.